The van der Waals surface area contributed by atoms with Gasteiger partial charge in [-0.05, 0) is 23.8 Å². The predicted molar refractivity (Wildman–Crippen MR) is 93.8 cm³/mol. The van der Waals surface area contributed by atoms with Gasteiger partial charge in [-0.25, -0.2) is 0 Å². The van der Waals surface area contributed by atoms with Crippen molar-refractivity contribution in [2.24, 2.45) is 0 Å². The number of halogens is 1. The van der Waals surface area contributed by atoms with Crippen LogP contribution < -0.4 is 11.1 Å². The van der Waals surface area contributed by atoms with Crippen molar-refractivity contribution in [1.29, 1.82) is 0 Å². The van der Waals surface area contributed by atoms with Crippen LogP contribution in [0.4, 0.5) is 5.69 Å². The third kappa shape index (κ3) is 4.81. The second-order valence-corrected chi connectivity index (χ2v) is 5.80. The number of anilines is 1. The zero-order valence-electron chi connectivity index (χ0n) is 13.0. The number of ketones is 1. The molecule has 2 rings (SSSR count). The summed E-state index contributed by atoms with van der Waals surface area (Å²) in [5.74, 6) is -0.558. The van der Waals surface area contributed by atoms with Crippen LogP contribution in [-0.4, -0.2) is 23.4 Å². The van der Waals surface area contributed by atoms with E-state index < -0.39 is 6.04 Å². The number of carbonyl (C=O) groups is 2. The fourth-order valence-corrected chi connectivity index (χ4v) is 2.49. The lowest BCUT2D eigenvalue weighted by molar-refractivity contribution is -0.122. The summed E-state index contributed by atoms with van der Waals surface area (Å²) in [6, 6.07) is 13.3. The molecule has 0 aliphatic carbocycles. The highest BCUT2D eigenvalue weighted by atomic mass is 35.5. The SMILES string of the molecule is Nc1ccc(Cl)cc1C(=O)CCC(=O)NC(CO)c1ccccc1. The van der Waals surface area contributed by atoms with Crippen LogP contribution in [0.2, 0.25) is 5.02 Å². The number of carbonyl (C=O) groups excluding carboxylic acids is 2. The van der Waals surface area contributed by atoms with Gasteiger partial charge in [0.15, 0.2) is 5.78 Å². The molecule has 2 aromatic rings. The van der Waals surface area contributed by atoms with E-state index in [-0.39, 0.29) is 31.1 Å². The maximum Gasteiger partial charge on any atom is 0.221 e. The van der Waals surface area contributed by atoms with Gasteiger partial charge in [0.05, 0.1) is 12.6 Å². The van der Waals surface area contributed by atoms with E-state index in [0.717, 1.165) is 5.56 Å². The Balaban J connectivity index is 1.93. The van der Waals surface area contributed by atoms with Gasteiger partial charge < -0.3 is 16.2 Å². The van der Waals surface area contributed by atoms with Crippen molar-refractivity contribution in [2.45, 2.75) is 18.9 Å². The molecule has 0 fully saturated rings. The molecule has 1 atom stereocenters. The lowest BCUT2D eigenvalue weighted by Crippen LogP contribution is -2.31. The second-order valence-electron chi connectivity index (χ2n) is 5.37. The van der Waals surface area contributed by atoms with E-state index in [1.54, 1.807) is 12.1 Å². The van der Waals surface area contributed by atoms with Crippen LogP contribution in [0.25, 0.3) is 0 Å². The molecule has 0 heterocycles. The summed E-state index contributed by atoms with van der Waals surface area (Å²) in [6.07, 6.45) is 0.0252. The van der Waals surface area contributed by atoms with E-state index in [4.69, 9.17) is 17.3 Å². The Morgan fingerprint density at radius 3 is 2.50 bits per heavy atom. The quantitative estimate of drug-likeness (QED) is 0.531. The normalized spacial score (nSPS) is 11.8. The minimum Gasteiger partial charge on any atom is -0.398 e. The first-order valence-corrected chi connectivity index (χ1v) is 7.92. The third-order valence-electron chi connectivity index (χ3n) is 3.61. The molecule has 0 bridgehead atoms. The fourth-order valence-electron chi connectivity index (χ4n) is 2.32. The number of nitrogen functional groups attached to an aromatic ring is 1. The Labute approximate surface area is 145 Å². The number of nitrogens with two attached hydrogens (primary N) is 1. The molecule has 6 heteroatoms. The Morgan fingerprint density at radius 1 is 1.12 bits per heavy atom. The standard InChI is InChI=1S/C18H19ClN2O3/c19-13-6-7-15(20)14(10-13)17(23)8-9-18(24)21-16(11-22)12-4-2-1-3-5-12/h1-7,10,16,22H,8-9,11,20H2,(H,21,24). The number of amides is 1. The summed E-state index contributed by atoms with van der Waals surface area (Å²) in [6.45, 7) is -0.217. The van der Waals surface area contributed by atoms with E-state index in [9.17, 15) is 14.7 Å². The number of aliphatic hydroxyl groups is 1. The maximum absolute atomic E-state index is 12.2. The molecule has 0 radical (unpaired) electrons. The van der Waals surface area contributed by atoms with Gasteiger partial charge in [-0.3, -0.25) is 9.59 Å². The molecule has 4 N–H and O–H groups in total. The summed E-state index contributed by atoms with van der Waals surface area (Å²) in [7, 11) is 0. The smallest absolute Gasteiger partial charge is 0.221 e. The van der Waals surface area contributed by atoms with Crippen molar-refractivity contribution in [3.8, 4) is 0 Å². The Morgan fingerprint density at radius 2 is 1.83 bits per heavy atom. The lowest BCUT2D eigenvalue weighted by Gasteiger charge is -2.16. The number of hydrogen-bond acceptors (Lipinski definition) is 4. The monoisotopic (exact) mass is 346 g/mol. The van der Waals surface area contributed by atoms with Gasteiger partial charge in [0.2, 0.25) is 5.91 Å². The molecule has 126 valence electrons. The van der Waals surface area contributed by atoms with Gasteiger partial charge in [0.25, 0.3) is 0 Å². The largest absolute Gasteiger partial charge is 0.398 e. The number of benzene rings is 2. The van der Waals surface area contributed by atoms with Gasteiger partial charge in [-0.1, -0.05) is 41.9 Å². The van der Waals surface area contributed by atoms with Crippen molar-refractivity contribution in [2.75, 3.05) is 12.3 Å². The van der Waals surface area contributed by atoms with Crippen molar-refractivity contribution in [3.63, 3.8) is 0 Å². The fraction of sp³-hybridized carbons (Fsp3) is 0.222. The molecule has 0 aromatic heterocycles. The highest BCUT2D eigenvalue weighted by Gasteiger charge is 2.16. The highest BCUT2D eigenvalue weighted by Crippen LogP contribution is 2.20. The molecule has 0 saturated carbocycles. The molecule has 0 saturated heterocycles. The molecule has 5 nitrogen and oxygen atoms in total. The van der Waals surface area contributed by atoms with Crippen molar-refractivity contribution in [1.82, 2.24) is 5.32 Å². The second kappa shape index (κ2) is 8.47. The number of nitrogens with one attached hydrogen (secondary N) is 1. The van der Waals surface area contributed by atoms with Crippen molar-refractivity contribution in [3.05, 3.63) is 64.7 Å². The summed E-state index contributed by atoms with van der Waals surface area (Å²) in [4.78, 5) is 24.2. The Bertz CT molecular complexity index is 719. The van der Waals surface area contributed by atoms with Crippen molar-refractivity contribution < 1.29 is 14.7 Å². The topological polar surface area (TPSA) is 92.4 Å². The van der Waals surface area contributed by atoms with Crippen LogP contribution in [0.1, 0.15) is 34.8 Å². The van der Waals surface area contributed by atoms with Gasteiger partial charge >= 0.3 is 0 Å². The minimum atomic E-state index is -0.495. The molecule has 2 aromatic carbocycles. The summed E-state index contributed by atoms with van der Waals surface area (Å²) in [5.41, 5.74) is 7.22. The number of aliphatic hydroxyl groups excluding tert-OH is 1. The average Bonchev–Trinajstić information content (AvgIpc) is 2.60. The molecule has 0 spiro atoms. The molecule has 0 aliphatic rings. The number of rotatable bonds is 7. The molecule has 1 amide bonds. The van der Waals surface area contributed by atoms with E-state index in [0.29, 0.717) is 16.3 Å². The lowest BCUT2D eigenvalue weighted by atomic mass is 10.0. The van der Waals surface area contributed by atoms with Crippen LogP contribution in [0, 0.1) is 0 Å². The van der Waals surface area contributed by atoms with Crippen LogP contribution in [0.15, 0.2) is 48.5 Å². The number of Topliss-reactive ketones (excluding diaryl/α,β-unsaturated/α-hetero) is 1. The van der Waals surface area contributed by atoms with E-state index in [1.165, 1.54) is 6.07 Å². The molecule has 0 aliphatic heterocycles. The van der Waals surface area contributed by atoms with Gasteiger partial charge in [0, 0.05) is 29.1 Å². The van der Waals surface area contributed by atoms with E-state index in [1.807, 2.05) is 30.3 Å². The van der Waals surface area contributed by atoms with Gasteiger partial charge in [0.1, 0.15) is 0 Å². The molecule has 1 unspecified atom stereocenters. The van der Waals surface area contributed by atoms with Crippen LogP contribution in [0.5, 0.6) is 0 Å². The van der Waals surface area contributed by atoms with Crippen molar-refractivity contribution >= 4 is 29.0 Å². The summed E-state index contributed by atoms with van der Waals surface area (Å²) >= 11 is 5.86. The zero-order valence-corrected chi connectivity index (χ0v) is 13.8. The average molecular weight is 347 g/mol. The van der Waals surface area contributed by atoms with Crippen LogP contribution in [0.3, 0.4) is 0 Å². The third-order valence-corrected chi connectivity index (χ3v) is 3.85. The molecule has 24 heavy (non-hydrogen) atoms. The molecular formula is C18H19ClN2O3. The van der Waals surface area contributed by atoms with Gasteiger partial charge in [-0.15, -0.1) is 0 Å². The first-order chi connectivity index (χ1) is 11.5. The van der Waals surface area contributed by atoms with Crippen LogP contribution >= 0.6 is 11.6 Å². The first kappa shape index (κ1) is 18.0. The van der Waals surface area contributed by atoms with E-state index in [2.05, 4.69) is 5.32 Å². The molecular weight excluding hydrogens is 328 g/mol. The zero-order chi connectivity index (χ0) is 17.5. The van der Waals surface area contributed by atoms with Gasteiger partial charge in [-0.2, -0.15) is 0 Å². The van der Waals surface area contributed by atoms with E-state index >= 15 is 0 Å². The maximum atomic E-state index is 12.2. The van der Waals surface area contributed by atoms with Crippen LogP contribution in [-0.2, 0) is 4.79 Å². The predicted octanol–water partition coefficient (Wildman–Crippen LogP) is 2.73. The first-order valence-electron chi connectivity index (χ1n) is 7.54. The Kier molecular flexibility index (Phi) is 6.35. The number of hydrogen-bond donors (Lipinski definition) is 3. The minimum absolute atomic E-state index is 0.00806. The summed E-state index contributed by atoms with van der Waals surface area (Å²) < 4.78 is 0. The summed E-state index contributed by atoms with van der Waals surface area (Å²) in [5, 5.41) is 12.6. The highest BCUT2D eigenvalue weighted by molar-refractivity contribution is 6.31. The Hall–Kier alpha value is -2.37.